The second kappa shape index (κ2) is 2.92. The van der Waals surface area contributed by atoms with Gasteiger partial charge in [0, 0.05) is 5.03 Å². The zero-order chi connectivity index (χ0) is 8.43. The number of carbonyl (C=O) groups excluding carboxylic acids is 2. The lowest BCUT2D eigenvalue weighted by Gasteiger charge is -2.10. The van der Waals surface area contributed by atoms with E-state index in [0.29, 0.717) is 5.03 Å². The minimum atomic E-state index is -0.406. The number of imide groups is 1. The molecule has 1 rings (SSSR count). The summed E-state index contributed by atoms with van der Waals surface area (Å²) in [6.45, 7) is 3.71. The molecule has 0 saturated carbocycles. The molecule has 1 saturated heterocycles. The van der Waals surface area contributed by atoms with Crippen LogP contribution in [0.3, 0.4) is 0 Å². The fraction of sp³-hybridized carbons (Fsp3) is 0.333. The van der Waals surface area contributed by atoms with Gasteiger partial charge in [0.1, 0.15) is 6.54 Å². The van der Waals surface area contributed by atoms with Crippen LogP contribution in [0.15, 0.2) is 11.6 Å². The van der Waals surface area contributed by atoms with Crippen LogP contribution in [0.5, 0.6) is 0 Å². The van der Waals surface area contributed by atoms with E-state index in [9.17, 15) is 9.59 Å². The average Bonchev–Trinajstić information content (AvgIpc) is 2.09. The molecule has 0 unspecified atom stereocenters. The first-order valence-electron chi connectivity index (χ1n) is 3.01. The summed E-state index contributed by atoms with van der Waals surface area (Å²) in [6, 6.07) is -0.406. The summed E-state index contributed by atoms with van der Waals surface area (Å²) in [6.07, 6.45) is 0. The van der Waals surface area contributed by atoms with E-state index in [4.69, 9.17) is 11.6 Å². The van der Waals surface area contributed by atoms with Crippen molar-refractivity contribution in [3.63, 3.8) is 0 Å². The van der Waals surface area contributed by atoms with Crippen molar-refractivity contribution in [2.75, 3.05) is 13.1 Å². The predicted octanol–water partition coefficient (Wildman–Crippen LogP) is 0.291. The molecule has 0 aromatic carbocycles. The third-order valence-corrected chi connectivity index (χ3v) is 1.35. The lowest BCUT2D eigenvalue weighted by molar-refractivity contribution is -0.118. The van der Waals surface area contributed by atoms with Crippen molar-refractivity contribution < 1.29 is 9.59 Å². The van der Waals surface area contributed by atoms with E-state index in [1.807, 2.05) is 0 Å². The molecule has 0 aromatic rings. The van der Waals surface area contributed by atoms with E-state index in [2.05, 4.69) is 11.9 Å². The Morgan fingerprint density at radius 3 is 2.73 bits per heavy atom. The fourth-order valence-corrected chi connectivity index (χ4v) is 0.962. The first-order valence-corrected chi connectivity index (χ1v) is 3.39. The Morgan fingerprint density at radius 2 is 2.36 bits per heavy atom. The van der Waals surface area contributed by atoms with Gasteiger partial charge in [0.05, 0.1) is 6.54 Å². The van der Waals surface area contributed by atoms with Crippen LogP contribution >= 0.6 is 11.6 Å². The molecule has 60 valence electrons. The van der Waals surface area contributed by atoms with Crippen LogP contribution in [-0.4, -0.2) is 29.9 Å². The molecule has 1 heterocycles. The summed E-state index contributed by atoms with van der Waals surface area (Å²) in [7, 11) is 0. The molecular weight excluding hydrogens is 168 g/mol. The van der Waals surface area contributed by atoms with Gasteiger partial charge in [-0.25, -0.2) is 4.79 Å². The van der Waals surface area contributed by atoms with Gasteiger partial charge in [0.2, 0.25) is 5.91 Å². The van der Waals surface area contributed by atoms with Gasteiger partial charge in [-0.05, 0) is 0 Å². The molecule has 0 atom stereocenters. The van der Waals surface area contributed by atoms with Gasteiger partial charge in [0.25, 0.3) is 0 Å². The lowest BCUT2D eigenvalue weighted by atomic mass is 10.5. The van der Waals surface area contributed by atoms with Crippen molar-refractivity contribution in [2.45, 2.75) is 0 Å². The first kappa shape index (κ1) is 8.07. The van der Waals surface area contributed by atoms with Gasteiger partial charge in [-0.15, -0.1) is 0 Å². The molecule has 1 aliphatic heterocycles. The Morgan fingerprint density at radius 1 is 1.73 bits per heavy atom. The topological polar surface area (TPSA) is 49.4 Å². The zero-order valence-electron chi connectivity index (χ0n) is 5.76. The highest BCUT2D eigenvalue weighted by Gasteiger charge is 2.26. The van der Waals surface area contributed by atoms with Crippen LogP contribution in [0.4, 0.5) is 4.79 Å². The Kier molecular flexibility index (Phi) is 2.14. The molecular formula is C6H7ClN2O2. The van der Waals surface area contributed by atoms with Crippen molar-refractivity contribution in [1.29, 1.82) is 0 Å². The van der Waals surface area contributed by atoms with Crippen LogP contribution in [0.1, 0.15) is 0 Å². The van der Waals surface area contributed by atoms with E-state index >= 15 is 0 Å². The lowest BCUT2D eigenvalue weighted by Crippen LogP contribution is -2.29. The standard InChI is InChI=1S/C6H7ClN2O2/c1-4(7)2-9-3-5(10)8-6(9)11/h1-3H2,(H,8,10,11). The van der Waals surface area contributed by atoms with Crippen molar-refractivity contribution in [2.24, 2.45) is 0 Å². The number of hydrogen-bond donors (Lipinski definition) is 1. The number of halogens is 1. The Hall–Kier alpha value is -1.03. The molecule has 0 spiro atoms. The van der Waals surface area contributed by atoms with Crippen LogP contribution in [-0.2, 0) is 4.79 Å². The largest absolute Gasteiger partial charge is 0.324 e. The first-order chi connectivity index (χ1) is 5.09. The quantitative estimate of drug-likeness (QED) is 0.612. The predicted molar refractivity (Wildman–Crippen MR) is 40.1 cm³/mol. The molecule has 11 heavy (non-hydrogen) atoms. The van der Waals surface area contributed by atoms with Gasteiger partial charge in [-0.3, -0.25) is 10.1 Å². The molecule has 1 N–H and O–H groups in total. The van der Waals surface area contributed by atoms with Gasteiger partial charge in [0.15, 0.2) is 0 Å². The Bertz CT molecular complexity index is 227. The van der Waals surface area contributed by atoms with E-state index in [1.54, 1.807) is 0 Å². The third-order valence-electron chi connectivity index (χ3n) is 1.23. The maximum absolute atomic E-state index is 10.8. The Balaban J connectivity index is 2.53. The van der Waals surface area contributed by atoms with Crippen molar-refractivity contribution in [1.82, 2.24) is 10.2 Å². The third kappa shape index (κ3) is 1.94. The summed E-state index contributed by atoms with van der Waals surface area (Å²) >= 11 is 5.44. The summed E-state index contributed by atoms with van der Waals surface area (Å²) in [4.78, 5) is 22.7. The fourth-order valence-electron chi connectivity index (χ4n) is 0.818. The van der Waals surface area contributed by atoms with Gasteiger partial charge < -0.3 is 4.90 Å². The van der Waals surface area contributed by atoms with Gasteiger partial charge in [-0.2, -0.15) is 0 Å². The normalized spacial score (nSPS) is 17.0. The van der Waals surface area contributed by atoms with Crippen LogP contribution in [0.2, 0.25) is 0 Å². The highest BCUT2D eigenvalue weighted by atomic mass is 35.5. The molecule has 4 nitrogen and oxygen atoms in total. The molecule has 0 aromatic heterocycles. The average molecular weight is 175 g/mol. The van der Waals surface area contributed by atoms with Crippen LogP contribution < -0.4 is 5.32 Å². The summed E-state index contributed by atoms with van der Waals surface area (Å²) in [5.41, 5.74) is 0. The maximum Gasteiger partial charge on any atom is 0.324 e. The van der Waals surface area contributed by atoms with E-state index in [1.165, 1.54) is 4.90 Å². The second-order valence-electron chi connectivity index (χ2n) is 2.23. The molecule has 1 fully saturated rings. The summed E-state index contributed by atoms with van der Waals surface area (Å²) < 4.78 is 0. The van der Waals surface area contributed by atoms with E-state index in [0.717, 1.165) is 0 Å². The van der Waals surface area contributed by atoms with E-state index < -0.39 is 6.03 Å². The maximum atomic E-state index is 10.8. The van der Waals surface area contributed by atoms with Crippen LogP contribution in [0, 0.1) is 0 Å². The molecule has 0 bridgehead atoms. The number of nitrogens with zero attached hydrogens (tertiary/aromatic N) is 1. The monoisotopic (exact) mass is 174 g/mol. The highest BCUT2D eigenvalue weighted by Crippen LogP contribution is 2.04. The molecule has 3 amide bonds. The van der Waals surface area contributed by atoms with Gasteiger partial charge in [-0.1, -0.05) is 18.2 Å². The van der Waals surface area contributed by atoms with Gasteiger partial charge >= 0.3 is 6.03 Å². The molecule has 1 aliphatic rings. The second-order valence-corrected chi connectivity index (χ2v) is 2.76. The number of nitrogens with one attached hydrogen (secondary N) is 1. The smallest absolute Gasteiger partial charge is 0.310 e. The minimum Gasteiger partial charge on any atom is -0.310 e. The summed E-state index contributed by atoms with van der Waals surface area (Å²) in [5, 5.41) is 2.46. The number of hydrogen-bond acceptors (Lipinski definition) is 2. The number of urea groups is 1. The van der Waals surface area contributed by atoms with Crippen molar-refractivity contribution in [3.8, 4) is 0 Å². The minimum absolute atomic E-state index is 0.0740. The zero-order valence-corrected chi connectivity index (χ0v) is 6.52. The number of amides is 3. The number of carbonyl (C=O) groups is 2. The molecule has 5 heteroatoms. The molecule has 0 aliphatic carbocycles. The van der Waals surface area contributed by atoms with Crippen LogP contribution in [0.25, 0.3) is 0 Å². The SMILES string of the molecule is C=C(Cl)CN1CC(=O)NC1=O. The summed E-state index contributed by atoms with van der Waals surface area (Å²) in [5.74, 6) is -0.298. The number of rotatable bonds is 2. The van der Waals surface area contributed by atoms with E-state index in [-0.39, 0.29) is 19.0 Å². The molecule has 0 radical (unpaired) electrons. The highest BCUT2D eigenvalue weighted by molar-refractivity contribution is 6.29. The Labute approximate surface area is 68.8 Å². The van der Waals surface area contributed by atoms with Crippen molar-refractivity contribution >= 4 is 23.5 Å². The van der Waals surface area contributed by atoms with Crippen molar-refractivity contribution in [3.05, 3.63) is 11.6 Å².